The fraction of sp³-hybridized carbons (Fsp3) is 0.421. The van der Waals surface area contributed by atoms with Gasteiger partial charge in [-0.05, 0) is 31.7 Å². The SMILES string of the molecule is COc1nc(C)nc(N2C(/N=C/c3cccc(Cl)c3)=NNC23CCN(C)CC3)n1. The Bertz CT molecular complexity index is 955. The third kappa shape index (κ3) is 4.01. The van der Waals surface area contributed by atoms with E-state index in [2.05, 4.69) is 42.4 Å². The summed E-state index contributed by atoms with van der Waals surface area (Å²) in [4.78, 5) is 22.1. The van der Waals surface area contributed by atoms with Crippen molar-refractivity contribution in [3.63, 3.8) is 0 Å². The molecular formula is C19H23ClN8O. The highest BCUT2D eigenvalue weighted by Crippen LogP contribution is 2.33. The maximum Gasteiger partial charge on any atom is 0.321 e. The summed E-state index contributed by atoms with van der Waals surface area (Å²) in [5.41, 5.74) is 3.75. The fourth-order valence-corrected chi connectivity index (χ4v) is 3.69. The van der Waals surface area contributed by atoms with Crippen LogP contribution in [0.5, 0.6) is 6.01 Å². The maximum absolute atomic E-state index is 6.09. The quantitative estimate of drug-likeness (QED) is 0.768. The molecule has 1 N–H and O–H groups in total. The van der Waals surface area contributed by atoms with Crippen molar-refractivity contribution in [1.29, 1.82) is 0 Å². The molecule has 1 saturated heterocycles. The van der Waals surface area contributed by atoms with Crippen LogP contribution in [0.15, 0.2) is 34.4 Å². The first-order chi connectivity index (χ1) is 14.0. The number of likely N-dealkylation sites (tertiary alicyclic amines) is 1. The van der Waals surface area contributed by atoms with Crippen molar-refractivity contribution in [2.75, 3.05) is 32.1 Å². The molecule has 0 saturated carbocycles. The van der Waals surface area contributed by atoms with Crippen molar-refractivity contribution in [1.82, 2.24) is 25.3 Å². The second-order valence-electron chi connectivity index (χ2n) is 7.18. The summed E-state index contributed by atoms with van der Waals surface area (Å²) in [5.74, 6) is 1.52. The van der Waals surface area contributed by atoms with Crippen LogP contribution < -0.4 is 15.1 Å². The van der Waals surface area contributed by atoms with E-state index in [1.165, 1.54) is 0 Å². The lowest BCUT2D eigenvalue weighted by Gasteiger charge is -2.42. The number of aromatic nitrogens is 3. The Morgan fingerprint density at radius 1 is 1.24 bits per heavy atom. The number of aliphatic imine (C=N–C) groups is 1. The molecule has 29 heavy (non-hydrogen) atoms. The first-order valence-corrected chi connectivity index (χ1v) is 9.77. The molecule has 9 nitrogen and oxygen atoms in total. The maximum atomic E-state index is 6.09. The van der Waals surface area contributed by atoms with Crippen molar-refractivity contribution in [2.45, 2.75) is 25.4 Å². The van der Waals surface area contributed by atoms with Crippen molar-refractivity contribution < 1.29 is 4.74 Å². The summed E-state index contributed by atoms with van der Waals surface area (Å²) < 4.78 is 5.26. The molecule has 2 aliphatic rings. The van der Waals surface area contributed by atoms with E-state index in [1.807, 2.05) is 36.1 Å². The van der Waals surface area contributed by atoms with Gasteiger partial charge in [0.15, 0.2) is 0 Å². The van der Waals surface area contributed by atoms with Crippen LogP contribution in [0.25, 0.3) is 0 Å². The molecule has 1 fully saturated rings. The molecule has 0 aliphatic carbocycles. The Hall–Kier alpha value is -2.78. The Labute approximate surface area is 174 Å². The first-order valence-electron chi connectivity index (χ1n) is 9.39. The largest absolute Gasteiger partial charge is 0.467 e. The second-order valence-corrected chi connectivity index (χ2v) is 7.61. The summed E-state index contributed by atoms with van der Waals surface area (Å²) in [6.07, 6.45) is 3.42. The average Bonchev–Trinajstić information content (AvgIpc) is 3.06. The highest BCUT2D eigenvalue weighted by molar-refractivity contribution is 6.30. The molecule has 4 rings (SSSR count). The summed E-state index contributed by atoms with van der Waals surface area (Å²) >= 11 is 6.09. The Morgan fingerprint density at radius 2 is 2.03 bits per heavy atom. The number of benzene rings is 1. The zero-order valence-corrected chi connectivity index (χ0v) is 17.4. The van der Waals surface area contributed by atoms with Gasteiger partial charge < -0.3 is 9.64 Å². The third-order valence-corrected chi connectivity index (χ3v) is 5.32. The number of methoxy groups -OCH3 is 1. The van der Waals surface area contributed by atoms with Crippen LogP contribution in [0.4, 0.5) is 5.95 Å². The monoisotopic (exact) mass is 414 g/mol. The lowest BCUT2D eigenvalue weighted by atomic mass is 9.96. The molecule has 0 bridgehead atoms. The summed E-state index contributed by atoms with van der Waals surface area (Å²) in [6, 6.07) is 7.76. The Kier molecular flexibility index (Phi) is 5.33. The minimum absolute atomic E-state index is 0.264. The van der Waals surface area contributed by atoms with E-state index in [4.69, 9.17) is 16.3 Å². The number of hydrazone groups is 1. The van der Waals surface area contributed by atoms with E-state index >= 15 is 0 Å². The molecule has 10 heteroatoms. The lowest BCUT2D eigenvalue weighted by molar-refractivity contribution is 0.171. The number of aryl methyl sites for hydroxylation is 1. The van der Waals surface area contributed by atoms with Gasteiger partial charge in [-0.2, -0.15) is 15.0 Å². The number of nitrogens with zero attached hydrogens (tertiary/aromatic N) is 7. The molecule has 1 aromatic carbocycles. The minimum Gasteiger partial charge on any atom is -0.467 e. The van der Waals surface area contributed by atoms with Crippen molar-refractivity contribution in [3.8, 4) is 6.01 Å². The van der Waals surface area contributed by atoms with Gasteiger partial charge in [-0.15, -0.1) is 5.10 Å². The van der Waals surface area contributed by atoms with Gasteiger partial charge in [0.05, 0.1) is 7.11 Å². The molecule has 152 valence electrons. The predicted molar refractivity (Wildman–Crippen MR) is 113 cm³/mol. The first kappa shape index (κ1) is 19.5. The number of rotatable bonds is 3. The molecule has 0 radical (unpaired) electrons. The Balaban J connectivity index is 1.71. The number of piperidine rings is 1. The zero-order valence-electron chi connectivity index (χ0n) is 16.6. The van der Waals surface area contributed by atoms with Crippen molar-refractivity contribution in [2.24, 2.45) is 10.1 Å². The minimum atomic E-state index is -0.438. The van der Waals surface area contributed by atoms with E-state index in [0.717, 1.165) is 31.5 Å². The van der Waals surface area contributed by atoms with Crippen LogP contribution in [0, 0.1) is 6.92 Å². The number of hydrogen-bond donors (Lipinski definition) is 1. The van der Waals surface area contributed by atoms with Gasteiger partial charge in [-0.25, -0.2) is 4.99 Å². The molecule has 2 aliphatic heterocycles. The van der Waals surface area contributed by atoms with Gasteiger partial charge in [0.25, 0.3) is 5.96 Å². The van der Waals surface area contributed by atoms with Gasteiger partial charge >= 0.3 is 6.01 Å². The predicted octanol–water partition coefficient (Wildman–Crippen LogP) is 2.06. The standard InChI is InChI=1S/C19H23ClN8O/c1-13-22-17(24-18(23-13)29-3)28-16(21-12-14-5-4-6-15(20)11-14)25-26-19(28)7-9-27(2)10-8-19/h4-6,11-12,26H,7-10H2,1-3H3/b21-12+. The van der Waals surface area contributed by atoms with Crippen LogP contribution in [0.3, 0.4) is 0 Å². The molecule has 1 aromatic heterocycles. The average molecular weight is 415 g/mol. The van der Waals surface area contributed by atoms with E-state index in [1.54, 1.807) is 13.3 Å². The van der Waals surface area contributed by atoms with E-state index < -0.39 is 5.66 Å². The summed E-state index contributed by atoms with van der Waals surface area (Å²) in [5, 5.41) is 5.17. The number of guanidine groups is 1. The highest BCUT2D eigenvalue weighted by atomic mass is 35.5. The number of hydrogen-bond acceptors (Lipinski definition) is 9. The van der Waals surface area contributed by atoms with E-state index in [0.29, 0.717) is 22.8 Å². The number of nitrogens with one attached hydrogen (secondary N) is 1. The van der Waals surface area contributed by atoms with Crippen LogP contribution in [0.2, 0.25) is 5.02 Å². The fourth-order valence-electron chi connectivity index (χ4n) is 3.49. The van der Waals surface area contributed by atoms with Crippen molar-refractivity contribution in [3.05, 3.63) is 40.7 Å². The molecule has 0 atom stereocenters. The lowest BCUT2D eigenvalue weighted by Crippen LogP contribution is -2.60. The second kappa shape index (κ2) is 7.92. The zero-order chi connectivity index (χ0) is 20.4. The van der Waals surface area contributed by atoms with Gasteiger partial charge in [0.2, 0.25) is 5.95 Å². The van der Waals surface area contributed by atoms with E-state index in [-0.39, 0.29) is 6.01 Å². The van der Waals surface area contributed by atoms with E-state index in [9.17, 15) is 0 Å². The number of halogens is 1. The van der Waals surface area contributed by atoms with Gasteiger partial charge in [-0.1, -0.05) is 23.7 Å². The summed E-state index contributed by atoms with van der Waals surface area (Å²) in [6.45, 7) is 3.65. The molecule has 0 amide bonds. The van der Waals surface area contributed by atoms with Gasteiger partial charge in [-0.3, -0.25) is 10.3 Å². The molecule has 2 aromatic rings. The van der Waals surface area contributed by atoms with Crippen LogP contribution in [0.1, 0.15) is 24.2 Å². The smallest absolute Gasteiger partial charge is 0.321 e. The van der Waals surface area contributed by atoms with Gasteiger partial charge in [0, 0.05) is 37.2 Å². The highest BCUT2D eigenvalue weighted by Gasteiger charge is 2.47. The Morgan fingerprint density at radius 3 is 2.76 bits per heavy atom. The van der Waals surface area contributed by atoms with Crippen molar-refractivity contribution >= 4 is 29.7 Å². The van der Waals surface area contributed by atoms with Gasteiger partial charge in [0.1, 0.15) is 11.5 Å². The molecular weight excluding hydrogens is 392 g/mol. The topological polar surface area (TPSA) is 91.1 Å². The normalized spacial score (nSPS) is 18.9. The number of ether oxygens (including phenoxy) is 1. The number of anilines is 1. The molecule has 0 unspecified atom stereocenters. The molecule has 1 spiro atoms. The summed E-state index contributed by atoms with van der Waals surface area (Å²) in [7, 11) is 3.65. The van der Waals surface area contributed by atoms with Crippen LogP contribution in [-0.4, -0.2) is 64.9 Å². The van der Waals surface area contributed by atoms with Crippen LogP contribution >= 0.6 is 11.6 Å². The molecule has 3 heterocycles. The third-order valence-electron chi connectivity index (χ3n) is 5.08. The van der Waals surface area contributed by atoms with Crippen LogP contribution in [-0.2, 0) is 0 Å².